The molecule has 7 heteroatoms. The van der Waals surface area contributed by atoms with Gasteiger partial charge in [0.1, 0.15) is 6.61 Å². The minimum absolute atomic E-state index is 0.0270. The van der Waals surface area contributed by atoms with Crippen molar-refractivity contribution in [2.75, 3.05) is 7.05 Å². The highest BCUT2D eigenvalue weighted by Crippen LogP contribution is 2.29. The molecule has 1 aromatic carbocycles. The van der Waals surface area contributed by atoms with Gasteiger partial charge in [-0.15, -0.1) is 11.3 Å². The number of thiazole rings is 1. The maximum atomic E-state index is 11.0. The summed E-state index contributed by atoms with van der Waals surface area (Å²) in [4.78, 5) is 15.0. The summed E-state index contributed by atoms with van der Waals surface area (Å²) >= 11 is 1.57. The van der Waals surface area contributed by atoms with Crippen LogP contribution < -0.4 is 10.1 Å². The number of nitro benzene ring substituents is 1. The van der Waals surface area contributed by atoms with Gasteiger partial charge < -0.3 is 10.1 Å². The monoisotopic (exact) mass is 307 g/mol. The number of ether oxygens (including phenoxy) is 1. The molecule has 1 N–H and O–H groups in total. The van der Waals surface area contributed by atoms with Crippen LogP contribution in [0.25, 0.3) is 0 Å². The van der Waals surface area contributed by atoms with Crippen LogP contribution in [0.2, 0.25) is 0 Å². The van der Waals surface area contributed by atoms with E-state index in [4.69, 9.17) is 4.74 Å². The summed E-state index contributed by atoms with van der Waals surface area (Å²) in [5.74, 6) is 0.277. The lowest BCUT2D eigenvalue weighted by atomic mass is 10.2. The summed E-state index contributed by atoms with van der Waals surface area (Å²) in [7, 11) is 1.82. The molecular weight excluding hydrogens is 290 g/mol. The number of nitrogens with one attached hydrogen (secondary N) is 1. The number of rotatable bonds is 7. The van der Waals surface area contributed by atoms with Crippen molar-refractivity contribution < 1.29 is 9.66 Å². The van der Waals surface area contributed by atoms with Crippen molar-refractivity contribution >= 4 is 17.0 Å². The van der Waals surface area contributed by atoms with Crippen LogP contribution in [-0.2, 0) is 19.6 Å². The second kappa shape index (κ2) is 7.14. The molecule has 0 aliphatic rings. The lowest BCUT2D eigenvalue weighted by Gasteiger charge is -2.07. The van der Waals surface area contributed by atoms with Crippen LogP contribution in [0.3, 0.4) is 0 Å². The molecule has 0 amide bonds. The Morgan fingerprint density at radius 1 is 1.48 bits per heavy atom. The topological polar surface area (TPSA) is 77.3 Å². The molecule has 0 fully saturated rings. The Labute approximate surface area is 126 Å². The van der Waals surface area contributed by atoms with Crippen LogP contribution in [0.1, 0.15) is 23.2 Å². The molecule has 0 bridgehead atoms. The van der Waals surface area contributed by atoms with Crippen molar-refractivity contribution in [3.05, 3.63) is 50.0 Å². The van der Waals surface area contributed by atoms with Gasteiger partial charge in [0.15, 0.2) is 5.75 Å². The van der Waals surface area contributed by atoms with Crippen LogP contribution in [-0.4, -0.2) is 17.0 Å². The van der Waals surface area contributed by atoms with Gasteiger partial charge in [-0.1, -0.05) is 13.0 Å². The molecule has 0 spiro atoms. The quantitative estimate of drug-likeness (QED) is 0.628. The fourth-order valence-electron chi connectivity index (χ4n) is 1.87. The molecule has 6 nitrogen and oxygen atoms in total. The average molecular weight is 307 g/mol. The van der Waals surface area contributed by atoms with E-state index >= 15 is 0 Å². The van der Waals surface area contributed by atoms with Gasteiger partial charge in [-0.2, -0.15) is 0 Å². The number of nitro groups is 1. The zero-order valence-corrected chi connectivity index (χ0v) is 12.8. The highest BCUT2D eigenvalue weighted by atomic mass is 32.1. The summed E-state index contributed by atoms with van der Waals surface area (Å²) in [6, 6.07) is 4.89. The number of hydrogen-bond donors (Lipinski definition) is 1. The number of aryl methyl sites for hydroxylation is 1. The predicted molar refractivity (Wildman–Crippen MR) is 81.7 cm³/mol. The van der Waals surface area contributed by atoms with Crippen LogP contribution in [0.15, 0.2) is 23.6 Å². The van der Waals surface area contributed by atoms with E-state index in [-0.39, 0.29) is 18.0 Å². The Balaban J connectivity index is 2.16. The average Bonchev–Trinajstić information content (AvgIpc) is 2.93. The Bertz CT molecular complexity index is 628. The first-order valence-electron chi connectivity index (χ1n) is 6.62. The van der Waals surface area contributed by atoms with Crippen molar-refractivity contribution in [1.29, 1.82) is 0 Å². The van der Waals surface area contributed by atoms with Crippen LogP contribution in [0.5, 0.6) is 5.75 Å². The van der Waals surface area contributed by atoms with Gasteiger partial charge in [-0.3, -0.25) is 10.1 Å². The number of hydrogen-bond acceptors (Lipinski definition) is 6. The Morgan fingerprint density at radius 2 is 2.29 bits per heavy atom. The molecule has 0 saturated carbocycles. The highest BCUT2D eigenvalue weighted by molar-refractivity contribution is 7.09. The van der Waals surface area contributed by atoms with Gasteiger partial charge in [0.05, 0.1) is 15.6 Å². The molecule has 0 aliphatic carbocycles. The summed E-state index contributed by atoms with van der Waals surface area (Å²) < 4.78 is 5.60. The SMILES string of the molecule is CCc1nc(COc2cc(CNC)ccc2[N+](=O)[O-])cs1. The van der Waals surface area contributed by atoms with Crippen molar-refractivity contribution in [3.63, 3.8) is 0 Å². The fraction of sp³-hybridized carbons (Fsp3) is 0.357. The van der Waals surface area contributed by atoms with E-state index in [2.05, 4.69) is 10.3 Å². The maximum absolute atomic E-state index is 11.0. The zero-order valence-electron chi connectivity index (χ0n) is 12.0. The van der Waals surface area contributed by atoms with Gasteiger partial charge in [0.2, 0.25) is 0 Å². The Morgan fingerprint density at radius 3 is 2.90 bits per heavy atom. The largest absolute Gasteiger partial charge is 0.480 e. The molecule has 0 aliphatic heterocycles. The van der Waals surface area contributed by atoms with Crippen molar-refractivity contribution in [3.8, 4) is 5.75 Å². The lowest BCUT2D eigenvalue weighted by Crippen LogP contribution is -2.06. The number of nitrogens with zero attached hydrogens (tertiary/aromatic N) is 2. The Hall–Kier alpha value is -1.99. The van der Waals surface area contributed by atoms with Gasteiger partial charge in [0, 0.05) is 18.0 Å². The first kappa shape index (κ1) is 15.4. The third kappa shape index (κ3) is 3.99. The number of aromatic nitrogens is 1. The van der Waals surface area contributed by atoms with Crippen LogP contribution in [0.4, 0.5) is 5.69 Å². The van der Waals surface area contributed by atoms with E-state index < -0.39 is 4.92 Å². The molecule has 21 heavy (non-hydrogen) atoms. The minimum Gasteiger partial charge on any atom is -0.480 e. The molecule has 1 heterocycles. The normalized spacial score (nSPS) is 10.6. The van der Waals surface area contributed by atoms with Crippen LogP contribution >= 0.6 is 11.3 Å². The van der Waals surface area contributed by atoms with E-state index in [0.29, 0.717) is 6.54 Å². The van der Waals surface area contributed by atoms with E-state index in [0.717, 1.165) is 22.7 Å². The summed E-state index contributed by atoms with van der Waals surface area (Å²) in [6.07, 6.45) is 0.877. The summed E-state index contributed by atoms with van der Waals surface area (Å²) in [6.45, 7) is 2.90. The lowest BCUT2D eigenvalue weighted by molar-refractivity contribution is -0.386. The second-order valence-corrected chi connectivity index (χ2v) is 5.41. The fourth-order valence-corrected chi connectivity index (χ4v) is 2.60. The highest BCUT2D eigenvalue weighted by Gasteiger charge is 2.16. The standard InChI is InChI=1S/C14H17N3O3S/c1-3-14-16-11(9-21-14)8-20-13-6-10(7-15-2)4-5-12(13)17(18)19/h4-6,9,15H,3,7-8H2,1-2H3. The molecule has 2 aromatic rings. The van der Waals surface area contributed by atoms with Crippen molar-refractivity contribution in [2.45, 2.75) is 26.5 Å². The molecular formula is C14H17N3O3S. The van der Waals surface area contributed by atoms with Gasteiger partial charge in [0.25, 0.3) is 0 Å². The molecule has 2 rings (SSSR count). The molecule has 112 valence electrons. The van der Waals surface area contributed by atoms with Gasteiger partial charge >= 0.3 is 5.69 Å². The first-order valence-corrected chi connectivity index (χ1v) is 7.50. The Kier molecular flexibility index (Phi) is 5.24. The third-order valence-corrected chi connectivity index (χ3v) is 3.92. The first-order chi connectivity index (χ1) is 10.1. The second-order valence-electron chi connectivity index (χ2n) is 4.46. The predicted octanol–water partition coefficient (Wildman–Crippen LogP) is 2.91. The van der Waals surface area contributed by atoms with E-state index in [1.54, 1.807) is 23.5 Å². The van der Waals surface area contributed by atoms with Gasteiger partial charge in [-0.25, -0.2) is 4.98 Å². The van der Waals surface area contributed by atoms with Gasteiger partial charge in [-0.05, 0) is 25.1 Å². The maximum Gasteiger partial charge on any atom is 0.310 e. The van der Waals surface area contributed by atoms with Crippen molar-refractivity contribution in [1.82, 2.24) is 10.3 Å². The molecule has 0 radical (unpaired) electrons. The molecule has 0 atom stereocenters. The summed E-state index contributed by atoms with van der Waals surface area (Å²) in [5, 5.41) is 17.0. The van der Waals surface area contributed by atoms with E-state index in [1.807, 2.05) is 19.4 Å². The van der Waals surface area contributed by atoms with E-state index in [9.17, 15) is 10.1 Å². The minimum atomic E-state index is -0.434. The third-order valence-electron chi connectivity index (χ3n) is 2.88. The van der Waals surface area contributed by atoms with E-state index in [1.165, 1.54) is 6.07 Å². The smallest absolute Gasteiger partial charge is 0.310 e. The summed E-state index contributed by atoms with van der Waals surface area (Å²) in [5.41, 5.74) is 1.71. The molecule has 1 aromatic heterocycles. The van der Waals surface area contributed by atoms with Crippen molar-refractivity contribution in [2.24, 2.45) is 0 Å². The molecule has 0 unspecified atom stereocenters. The number of benzene rings is 1. The van der Waals surface area contributed by atoms with Crippen LogP contribution in [0, 0.1) is 10.1 Å². The zero-order chi connectivity index (χ0) is 15.2. The molecule has 0 saturated heterocycles.